The molecule has 1 N–H and O–H groups in total. The average molecular weight is 451 g/mol. The van der Waals surface area contributed by atoms with Crippen molar-refractivity contribution >= 4 is 0 Å². The molecule has 0 aromatic carbocycles. The minimum atomic E-state index is 0.0949. The van der Waals surface area contributed by atoms with Gasteiger partial charge in [-0.1, -0.05) is 0 Å². The van der Waals surface area contributed by atoms with Gasteiger partial charge in [0, 0.05) is 62.5 Å². The zero-order chi connectivity index (χ0) is 22.8. The van der Waals surface area contributed by atoms with E-state index >= 15 is 0 Å². The Morgan fingerprint density at radius 2 is 1.88 bits per heavy atom. The Morgan fingerprint density at radius 3 is 2.47 bits per heavy atom. The molecule has 1 aliphatic carbocycles. The maximum atomic E-state index is 6.06. The number of likely N-dealkylation sites (N-methyl/N-ethyl adjacent to an activating group) is 2. The fourth-order valence-electron chi connectivity index (χ4n) is 5.13. The molecule has 1 aromatic heterocycles. The van der Waals surface area contributed by atoms with Gasteiger partial charge in [0.15, 0.2) is 0 Å². The van der Waals surface area contributed by atoms with Crippen LogP contribution in [-0.2, 0) is 20.8 Å². The van der Waals surface area contributed by atoms with Crippen molar-refractivity contribution in [3.8, 4) is 0 Å². The molecule has 2 aliphatic rings. The molecule has 1 saturated carbocycles. The Hall–Kier alpha value is -0.990. The first-order chi connectivity index (χ1) is 15.6. The smallest absolute Gasteiger partial charge is 0.150 e. The van der Waals surface area contributed by atoms with Gasteiger partial charge < -0.3 is 24.4 Å². The summed E-state index contributed by atoms with van der Waals surface area (Å²) in [5.41, 5.74) is 2.81. The number of aromatic nitrogens is 2. The third-order valence-electron chi connectivity index (χ3n) is 7.13. The van der Waals surface area contributed by atoms with Crippen LogP contribution in [0.15, 0.2) is 6.20 Å². The zero-order valence-electron chi connectivity index (χ0n) is 20.9. The highest BCUT2D eigenvalue weighted by Crippen LogP contribution is 2.44. The van der Waals surface area contributed by atoms with E-state index in [2.05, 4.69) is 42.0 Å². The van der Waals surface area contributed by atoms with Crippen LogP contribution in [0.25, 0.3) is 0 Å². The van der Waals surface area contributed by atoms with E-state index in [0.29, 0.717) is 5.92 Å². The van der Waals surface area contributed by atoms with E-state index in [1.165, 1.54) is 17.7 Å². The summed E-state index contributed by atoms with van der Waals surface area (Å²) in [6.07, 6.45) is 10.4. The standard InChI is InChI=1S/C25H46N4O3/c1-5-30-19-25(20-31-6-2)12-10-21(11-13-25)24-22(17-28(4)15-14-26-3)18-29(27-24)23-9-7-8-16-32-23/h18,21,23,26H,5-17,19-20H2,1-4H3. The Labute approximate surface area is 195 Å². The number of hydrogen-bond acceptors (Lipinski definition) is 6. The summed E-state index contributed by atoms with van der Waals surface area (Å²) in [6.45, 7) is 11.1. The van der Waals surface area contributed by atoms with Crippen molar-refractivity contribution in [1.82, 2.24) is 20.0 Å². The van der Waals surface area contributed by atoms with E-state index in [9.17, 15) is 0 Å². The summed E-state index contributed by atoms with van der Waals surface area (Å²) in [6, 6.07) is 0. The molecule has 1 atom stereocenters. The fourth-order valence-corrected chi connectivity index (χ4v) is 5.13. The van der Waals surface area contributed by atoms with Crippen LogP contribution < -0.4 is 5.32 Å². The highest BCUT2D eigenvalue weighted by atomic mass is 16.5. The van der Waals surface area contributed by atoms with E-state index in [1.54, 1.807) is 0 Å². The SMILES string of the molecule is CCOCC1(COCC)CCC(c2nn(C3CCCCO3)cc2CN(C)CCNC)CC1. The quantitative estimate of drug-likeness (QED) is 0.491. The van der Waals surface area contributed by atoms with Gasteiger partial charge >= 0.3 is 0 Å². The molecular weight excluding hydrogens is 404 g/mol. The Morgan fingerprint density at radius 1 is 1.16 bits per heavy atom. The molecule has 1 aromatic rings. The normalized spacial score (nSPS) is 22.0. The average Bonchev–Trinajstić information content (AvgIpc) is 3.24. The van der Waals surface area contributed by atoms with Crippen LogP contribution in [0, 0.1) is 5.41 Å². The van der Waals surface area contributed by atoms with E-state index in [-0.39, 0.29) is 11.6 Å². The van der Waals surface area contributed by atoms with Gasteiger partial charge in [-0.05, 0) is 72.9 Å². The first-order valence-corrected chi connectivity index (χ1v) is 12.8. The minimum Gasteiger partial charge on any atom is -0.381 e. The first kappa shape index (κ1) is 25.6. The molecule has 0 amide bonds. The molecule has 0 bridgehead atoms. The predicted octanol–water partition coefficient (Wildman–Crippen LogP) is 3.95. The molecule has 7 heteroatoms. The van der Waals surface area contributed by atoms with Gasteiger partial charge in [0.1, 0.15) is 6.23 Å². The summed E-state index contributed by atoms with van der Waals surface area (Å²) in [4.78, 5) is 2.39. The number of ether oxygens (including phenoxy) is 3. The summed E-state index contributed by atoms with van der Waals surface area (Å²) >= 11 is 0. The summed E-state index contributed by atoms with van der Waals surface area (Å²) in [5, 5.41) is 8.41. The van der Waals surface area contributed by atoms with Crippen LogP contribution in [0.3, 0.4) is 0 Å². The third-order valence-corrected chi connectivity index (χ3v) is 7.13. The molecule has 0 radical (unpaired) electrons. The van der Waals surface area contributed by atoms with Gasteiger partial charge in [-0.3, -0.25) is 0 Å². The Bertz CT molecular complexity index is 642. The van der Waals surface area contributed by atoms with E-state index in [0.717, 1.165) is 91.2 Å². The molecule has 184 valence electrons. The van der Waals surface area contributed by atoms with Crippen molar-refractivity contribution in [1.29, 1.82) is 0 Å². The van der Waals surface area contributed by atoms with E-state index in [4.69, 9.17) is 19.3 Å². The van der Waals surface area contributed by atoms with Gasteiger partial charge in [-0.25, -0.2) is 4.68 Å². The topological polar surface area (TPSA) is 60.8 Å². The second-order valence-electron chi connectivity index (χ2n) is 9.73. The van der Waals surface area contributed by atoms with Gasteiger partial charge in [-0.15, -0.1) is 0 Å². The summed E-state index contributed by atoms with van der Waals surface area (Å²) in [5.74, 6) is 0.504. The lowest BCUT2D eigenvalue weighted by molar-refractivity contribution is -0.0421. The molecule has 1 unspecified atom stereocenters. The molecule has 32 heavy (non-hydrogen) atoms. The van der Waals surface area contributed by atoms with Gasteiger partial charge in [0.05, 0.1) is 18.9 Å². The number of rotatable bonds is 13. The molecule has 1 saturated heterocycles. The molecule has 7 nitrogen and oxygen atoms in total. The Kier molecular flexibility index (Phi) is 10.4. The van der Waals surface area contributed by atoms with E-state index < -0.39 is 0 Å². The van der Waals surface area contributed by atoms with Crippen LogP contribution >= 0.6 is 0 Å². The van der Waals surface area contributed by atoms with Crippen LogP contribution in [0.4, 0.5) is 0 Å². The third kappa shape index (κ3) is 7.00. The zero-order valence-corrected chi connectivity index (χ0v) is 20.9. The van der Waals surface area contributed by atoms with Crippen molar-refractivity contribution in [3.63, 3.8) is 0 Å². The van der Waals surface area contributed by atoms with E-state index in [1.807, 2.05) is 7.05 Å². The fraction of sp³-hybridized carbons (Fsp3) is 0.880. The highest BCUT2D eigenvalue weighted by Gasteiger charge is 2.38. The van der Waals surface area contributed by atoms with Crippen molar-refractivity contribution in [2.45, 2.75) is 77.5 Å². The minimum absolute atomic E-state index is 0.0949. The Balaban J connectivity index is 1.73. The van der Waals surface area contributed by atoms with Crippen molar-refractivity contribution in [2.24, 2.45) is 5.41 Å². The van der Waals surface area contributed by atoms with Crippen molar-refractivity contribution < 1.29 is 14.2 Å². The second kappa shape index (κ2) is 13.0. The monoisotopic (exact) mass is 450 g/mol. The lowest BCUT2D eigenvalue weighted by Gasteiger charge is -2.39. The molecule has 3 rings (SSSR count). The van der Waals surface area contributed by atoms with Crippen molar-refractivity contribution in [2.75, 3.05) is 60.2 Å². The van der Waals surface area contributed by atoms with Gasteiger partial charge in [0.2, 0.25) is 0 Å². The van der Waals surface area contributed by atoms with Crippen LogP contribution in [0.1, 0.15) is 82.2 Å². The number of hydrogen-bond donors (Lipinski definition) is 1. The first-order valence-electron chi connectivity index (χ1n) is 12.8. The number of nitrogens with one attached hydrogen (secondary N) is 1. The highest BCUT2D eigenvalue weighted by molar-refractivity contribution is 5.22. The lowest BCUT2D eigenvalue weighted by atomic mass is 9.70. The van der Waals surface area contributed by atoms with Crippen LogP contribution in [0.5, 0.6) is 0 Å². The maximum Gasteiger partial charge on any atom is 0.150 e. The van der Waals surface area contributed by atoms with Gasteiger partial charge in [-0.2, -0.15) is 5.10 Å². The largest absolute Gasteiger partial charge is 0.381 e. The van der Waals surface area contributed by atoms with Crippen LogP contribution in [-0.4, -0.2) is 74.9 Å². The molecule has 2 heterocycles. The molecular formula is C25H46N4O3. The maximum absolute atomic E-state index is 6.06. The molecule has 2 fully saturated rings. The van der Waals surface area contributed by atoms with Crippen LogP contribution in [0.2, 0.25) is 0 Å². The molecule has 0 spiro atoms. The second-order valence-corrected chi connectivity index (χ2v) is 9.73. The van der Waals surface area contributed by atoms with Gasteiger partial charge in [0.25, 0.3) is 0 Å². The van der Waals surface area contributed by atoms with Crippen molar-refractivity contribution in [3.05, 3.63) is 17.5 Å². The predicted molar refractivity (Wildman–Crippen MR) is 128 cm³/mol. The molecule has 1 aliphatic heterocycles. The number of nitrogens with zero attached hydrogens (tertiary/aromatic N) is 3. The summed E-state index contributed by atoms with van der Waals surface area (Å²) < 4.78 is 19.9. The summed E-state index contributed by atoms with van der Waals surface area (Å²) in [7, 11) is 4.21. The lowest BCUT2D eigenvalue weighted by Crippen LogP contribution is -2.36.